The van der Waals surface area contributed by atoms with Gasteiger partial charge >= 0.3 is 5.97 Å². The Morgan fingerprint density at radius 3 is 2.59 bits per heavy atom. The molecule has 0 saturated heterocycles. The van der Waals surface area contributed by atoms with Gasteiger partial charge < -0.3 is 15.6 Å². The summed E-state index contributed by atoms with van der Waals surface area (Å²) in [5.41, 5.74) is 4.66. The smallest absolute Gasteiger partial charge is 0.344 e. The molecular weight excluding hydrogens is 229 g/mol. The van der Waals surface area contributed by atoms with Crippen molar-refractivity contribution < 1.29 is 23.8 Å². The molecule has 17 heavy (non-hydrogen) atoms. The number of aliphatic carboxylic acids is 1. The molecule has 0 bridgehead atoms. The minimum Gasteiger partial charge on any atom is -0.479 e. The summed E-state index contributed by atoms with van der Waals surface area (Å²) in [6, 6.07) is 3.39. The van der Waals surface area contributed by atoms with Gasteiger partial charge in [0, 0.05) is 6.07 Å². The van der Waals surface area contributed by atoms with Crippen LogP contribution < -0.4 is 10.5 Å². The monoisotopic (exact) mass is 241 g/mol. The van der Waals surface area contributed by atoms with Gasteiger partial charge in [-0.2, -0.15) is 0 Å². The molecule has 0 radical (unpaired) electrons. The van der Waals surface area contributed by atoms with Gasteiger partial charge in [0.25, 0.3) is 5.91 Å². The molecule has 1 aromatic carbocycles. The molecule has 1 aromatic rings. The molecule has 0 saturated carbocycles. The number of hydrogen-bond donors (Lipinski definition) is 2. The second-order valence-electron chi connectivity index (χ2n) is 3.36. The third-order valence-electron chi connectivity index (χ3n) is 2.13. The standard InChI is InChI=1S/C11H12FNO4/c1-2-9(11(15)16)17-6-3-4-7(10(13)14)8(12)5-6/h3-5,9H,2H2,1H3,(H2,13,14)(H,15,16). The molecule has 92 valence electrons. The quantitative estimate of drug-likeness (QED) is 0.809. The molecule has 0 aromatic heterocycles. The zero-order valence-corrected chi connectivity index (χ0v) is 9.14. The van der Waals surface area contributed by atoms with Gasteiger partial charge in [-0.25, -0.2) is 9.18 Å². The normalized spacial score (nSPS) is 11.9. The molecule has 0 aliphatic rings. The van der Waals surface area contributed by atoms with Crippen molar-refractivity contribution in [2.24, 2.45) is 5.73 Å². The molecular formula is C11H12FNO4. The van der Waals surface area contributed by atoms with Gasteiger partial charge in [-0.15, -0.1) is 0 Å². The fraction of sp³-hybridized carbons (Fsp3) is 0.273. The van der Waals surface area contributed by atoms with Crippen molar-refractivity contribution in [3.63, 3.8) is 0 Å². The van der Waals surface area contributed by atoms with Gasteiger partial charge in [-0.3, -0.25) is 4.79 Å². The van der Waals surface area contributed by atoms with E-state index in [0.29, 0.717) is 0 Å². The Balaban J connectivity index is 2.90. The van der Waals surface area contributed by atoms with Gasteiger partial charge in [-0.05, 0) is 18.6 Å². The summed E-state index contributed by atoms with van der Waals surface area (Å²) in [6.07, 6.45) is -0.803. The number of halogens is 1. The molecule has 0 fully saturated rings. The second kappa shape index (κ2) is 5.29. The van der Waals surface area contributed by atoms with Crippen molar-refractivity contribution in [3.05, 3.63) is 29.6 Å². The number of primary amides is 1. The number of nitrogens with two attached hydrogens (primary N) is 1. The number of benzene rings is 1. The summed E-state index contributed by atoms with van der Waals surface area (Å²) in [5.74, 6) is -2.82. The van der Waals surface area contributed by atoms with Crippen LogP contribution in [0, 0.1) is 5.82 Å². The molecule has 1 unspecified atom stereocenters. The van der Waals surface area contributed by atoms with Gasteiger partial charge in [0.05, 0.1) is 5.56 Å². The van der Waals surface area contributed by atoms with Crippen molar-refractivity contribution in [1.82, 2.24) is 0 Å². The first-order chi connectivity index (χ1) is 7.95. The molecule has 6 heteroatoms. The predicted molar refractivity (Wildman–Crippen MR) is 57.3 cm³/mol. The molecule has 0 aliphatic carbocycles. The average molecular weight is 241 g/mol. The van der Waals surface area contributed by atoms with Gasteiger partial charge in [0.1, 0.15) is 11.6 Å². The maximum Gasteiger partial charge on any atom is 0.344 e. The van der Waals surface area contributed by atoms with E-state index in [1.807, 2.05) is 0 Å². The summed E-state index contributed by atoms with van der Waals surface area (Å²) in [7, 11) is 0. The molecule has 5 nitrogen and oxygen atoms in total. The molecule has 1 atom stereocenters. The third-order valence-corrected chi connectivity index (χ3v) is 2.13. The van der Waals surface area contributed by atoms with Crippen LogP contribution in [0.4, 0.5) is 4.39 Å². The van der Waals surface area contributed by atoms with Crippen molar-refractivity contribution >= 4 is 11.9 Å². The van der Waals surface area contributed by atoms with Crippen LogP contribution >= 0.6 is 0 Å². The topological polar surface area (TPSA) is 89.6 Å². The lowest BCUT2D eigenvalue weighted by Gasteiger charge is -2.13. The molecule has 1 amide bonds. The fourth-order valence-electron chi connectivity index (χ4n) is 1.24. The number of rotatable bonds is 5. The zero-order chi connectivity index (χ0) is 13.0. The Labute approximate surface area is 97.0 Å². The highest BCUT2D eigenvalue weighted by atomic mass is 19.1. The Morgan fingerprint density at radius 1 is 1.53 bits per heavy atom. The van der Waals surface area contributed by atoms with Crippen LogP contribution in [0.2, 0.25) is 0 Å². The zero-order valence-electron chi connectivity index (χ0n) is 9.14. The highest BCUT2D eigenvalue weighted by molar-refractivity contribution is 5.93. The number of ether oxygens (including phenoxy) is 1. The number of amides is 1. The van der Waals surface area contributed by atoms with Crippen molar-refractivity contribution in [2.75, 3.05) is 0 Å². The van der Waals surface area contributed by atoms with E-state index in [0.717, 1.165) is 12.1 Å². The summed E-state index contributed by atoms with van der Waals surface area (Å²) >= 11 is 0. The lowest BCUT2D eigenvalue weighted by Crippen LogP contribution is -2.26. The fourth-order valence-corrected chi connectivity index (χ4v) is 1.24. The van der Waals surface area contributed by atoms with Crippen LogP contribution in [0.1, 0.15) is 23.7 Å². The number of carboxylic acid groups (broad SMARTS) is 1. The molecule has 0 spiro atoms. The maximum atomic E-state index is 13.3. The van der Waals surface area contributed by atoms with E-state index in [2.05, 4.69) is 0 Å². The first kappa shape index (κ1) is 13.0. The number of hydrogen-bond acceptors (Lipinski definition) is 3. The van der Waals surface area contributed by atoms with E-state index in [1.165, 1.54) is 6.07 Å². The Bertz CT molecular complexity index is 447. The number of carbonyl (C=O) groups is 2. The Morgan fingerprint density at radius 2 is 2.18 bits per heavy atom. The molecule has 3 N–H and O–H groups in total. The Hall–Kier alpha value is -2.11. The summed E-state index contributed by atoms with van der Waals surface area (Å²) in [5, 5.41) is 8.75. The van der Waals surface area contributed by atoms with Crippen LogP contribution in [-0.2, 0) is 4.79 Å². The summed E-state index contributed by atoms with van der Waals surface area (Å²) in [6.45, 7) is 1.63. The van der Waals surface area contributed by atoms with Crippen LogP contribution in [0.3, 0.4) is 0 Å². The molecule has 1 rings (SSSR count). The summed E-state index contributed by atoms with van der Waals surface area (Å²) < 4.78 is 18.4. The van der Waals surface area contributed by atoms with Gasteiger partial charge in [-0.1, -0.05) is 6.92 Å². The predicted octanol–water partition coefficient (Wildman–Crippen LogP) is 1.17. The van der Waals surface area contributed by atoms with Crippen molar-refractivity contribution in [3.8, 4) is 5.75 Å². The minimum atomic E-state index is -1.13. The SMILES string of the molecule is CCC(Oc1ccc(C(N)=O)c(F)c1)C(=O)O. The second-order valence-corrected chi connectivity index (χ2v) is 3.36. The molecule has 0 heterocycles. The highest BCUT2D eigenvalue weighted by Crippen LogP contribution is 2.18. The van der Waals surface area contributed by atoms with Crippen LogP contribution in [0.15, 0.2) is 18.2 Å². The largest absolute Gasteiger partial charge is 0.479 e. The maximum absolute atomic E-state index is 13.3. The first-order valence-electron chi connectivity index (χ1n) is 4.94. The van der Waals surface area contributed by atoms with Crippen molar-refractivity contribution in [1.29, 1.82) is 0 Å². The highest BCUT2D eigenvalue weighted by Gasteiger charge is 2.18. The summed E-state index contributed by atoms with van der Waals surface area (Å²) in [4.78, 5) is 21.5. The van der Waals surface area contributed by atoms with Crippen LogP contribution in [0.5, 0.6) is 5.75 Å². The van der Waals surface area contributed by atoms with Crippen LogP contribution in [-0.4, -0.2) is 23.1 Å². The Kier molecular flexibility index (Phi) is 4.03. The van der Waals surface area contributed by atoms with Crippen LogP contribution in [0.25, 0.3) is 0 Å². The van der Waals surface area contributed by atoms with E-state index in [9.17, 15) is 14.0 Å². The van der Waals surface area contributed by atoms with E-state index in [-0.39, 0.29) is 17.7 Å². The van der Waals surface area contributed by atoms with Gasteiger partial charge in [0.2, 0.25) is 0 Å². The van der Waals surface area contributed by atoms with Gasteiger partial charge in [0.15, 0.2) is 6.10 Å². The third kappa shape index (κ3) is 3.17. The van der Waals surface area contributed by atoms with E-state index >= 15 is 0 Å². The average Bonchev–Trinajstić information content (AvgIpc) is 2.24. The van der Waals surface area contributed by atoms with E-state index in [1.54, 1.807) is 6.92 Å². The molecule has 0 aliphatic heterocycles. The van der Waals surface area contributed by atoms with E-state index < -0.39 is 23.8 Å². The lowest BCUT2D eigenvalue weighted by atomic mass is 10.2. The number of carboxylic acids is 1. The van der Waals surface area contributed by atoms with E-state index in [4.69, 9.17) is 15.6 Å². The number of carbonyl (C=O) groups excluding carboxylic acids is 1. The van der Waals surface area contributed by atoms with Crippen molar-refractivity contribution in [2.45, 2.75) is 19.4 Å². The lowest BCUT2D eigenvalue weighted by molar-refractivity contribution is -0.145. The minimum absolute atomic E-state index is 0.0433. The first-order valence-corrected chi connectivity index (χ1v) is 4.94.